The summed E-state index contributed by atoms with van der Waals surface area (Å²) in [5.41, 5.74) is 5.90. The van der Waals surface area contributed by atoms with Crippen LogP contribution in [-0.2, 0) is 10.2 Å². The molecule has 0 amide bonds. The highest BCUT2D eigenvalue weighted by molar-refractivity contribution is 7.12. The summed E-state index contributed by atoms with van der Waals surface area (Å²) in [4.78, 5) is 2.52. The van der Waals surface area contributed by atoms with Gasteiger partial charge in [-0.15, -0.1) is 11.3 Å². The highest BCUT2D eigenvalue weighted by atomic mass is 32.1. The highest BCUT2D eigenvalue weighted by Crippen LogP contribution is 2.33. The summed E-state index contributed by atoms with van der Waals surface area (Å²) in [6, 6.07) is 4.25. The van der Waals surface area contributed by atoms with Crippen molar-refractivity contribution in [1.82, 2.24) is 0 Å². The summed E-state index contributed by atoms with van der Waals surface area (Å²) in [5, 5.41) is 8.72. The smallest absolute Gasteiger partial charge is 0.104 e. The lowest BCUT2D eigenvalue weighted by atomic mass is 9.95. The van der Waals surface area contributed by atoms with Crippen LogP contribution in [0.15, 0.2) is 12.1 Å². The van der Waals surface area contributed by atoms with Gasteiger partial charge >= 0.3 is 0 Å². The zero-order chi connectivity index (χ0) is 12.9. The summed E-state index contributed by atoms with van der Waals surface area (Å²) >= 11 is 1.76. The molecule has 0 aliphatic heterocycles. The molecule has 3 nitrogen and oxygen atoms in total. The van der Waals surface area contributed by atoms with Crippen molar-refractivity contribution in [2.45, 2.75) is 38.7 Å². The maximum absolute atomic E-state index is 8.72. The van der Waals surface area contributed by atoms with Crippen LogP contribution >= 0.6 is 11.3 Å². The van der Waals surface area contributed by atoms with Crippen molar-refractivity contribution in [3.05, 3.63) is 21.9 Å². The molecule has 0 fully saturated rings. The molecule has 0 aliphatic rings. The number of hydrogen-bond acceptors (Lipinski definition) is 4. The van der Waals surface area contributed by atoms with Gasteiger partial charge in [-0.3, -0.25) is 0 Å². The number of rotatable bonds is 6. The van der Waals surface area contributed by atoms with Crippen LogP contribution in [0.5, 0.6) is 0 Å². The molecule has 1 unspecified atom stereocenters. The summed E-state index contributed by atoms with van der Waals surface area (Å²) in [7, 11) is 0. The Kier molecular flexibility index (Phi) is 5.59. The first-order valence-corrected chi connectivity index (χ1v) is 6.83. The fourth-order valence-electron chi connectivity index (χ4n) is 1.49. The van der Waals surface area contributed by atoms with Gasteiger partial charge in [0.1, 0.15) is 6.10 Å². The maximum Gasteiger partial charge on any atom is 0.104 e. The van der Waals surface area contributed by atoms with Crippen LogP contribution in [0, 0.1) is 0 Å². The van der Waals surface area contributed by atoms with Crippen molar-refractivity contribution >= 4 is 11.3 Å². The zero-order valence-electron chi connectivity index (χ0n) is 10.9. The first-order valence-electron chi connectivity index (χ1n) is 6.01. The van der Waals surface area contributed by atoms with E-state index in [2.05, 4.69) is 32.9 Å². The lowest BCUT2D eigenvalue weighted by molar-refractivity contribution is 0.0510. The molecule has 1 aromatic heterocycles. The molecule has 0 aliphatic carbocycles. The Hall–Kier alpha value is -0.420. The third kappa shape index (κ3) is 4.39. The van der Waals surface area contributed by atoms with Gasteiger partial charge in [-0.1, -0.05) is 20.8 Å². The number of thiophene rings is 1. The summed E-state index contributed by atoms with van der Waals surface area (Å²) in [5.74, 6) is 0. The lowest BCUT2D eigenvalue weighted by Crippen LogP contribution is -2.16. The van der Waals surface area contributed by atoms with E-state index >= 15 is 0 Å². The average molecular weight is 257 g/mol. The Bertz CT molecular complexity index is 330. The van der Waals surface area contributed by atoms with Gasteiger partial charge in [0.2, 0.25) is 0 Å². The topological polar surface area (TPSA) is 55.5 Å². The highest BCUT2D eigenvalue weighted by Gasteiger charge is 2.19. The van der Waals surface area contributed by atoms with E-state index in [9.17, 15) is 0 Å². The summed E-state index contributed by atoms with van der Waals surface area (Å²) < 4.78 is 5.67. The number of aliphatic hydroxyl groups excluding tert-OH is 1. The second-order valence-corrected chi connectivity index (χ2v) is 6.24. The van der Waals surface area contributed by atoms with Gasteiger partial charge in [0, 0.05) is 29.5 Å². The molecule has 1 aromatic rings. The Labute approximate surface area is 108 Å². The molecule has 1 atom stereocenters. The number of hydrogen-bond donors (Lipinski definition) is 2. The van der Waals surface area contributed by atoms with Crippen molar-refractivity contribution in [3.8, 4) is 0 Å². The molecule has 1 heterocycles. The average Bonchev–Trinajstić information content (AvgIpc) is 2.73. The fraction of sp³-hybridized carbons (Fsp3) is 0.692. The van der Waals surface area contributed by atoms with Gasteiger partial charge in [0.25, 0.3) is 0 Å². The van der Waals surface area contributed by atoms with Crippen LogP contribution in [-0.4, -0.2) is 24.9 Å². The maximum atomic E-state index is 8.72. The van der Waals surface area contributed by atoms with Gasteiger partial charge in [0.05, 0.1) is 0 Å². The second-order valence-electron chi connectivity index (χ2n) is 5.12. The Morgan fingerprint density at radius 2 is 2.12 bits per heavy atom. The predicted octanol–water partition coefficient (Wildman–Crippen LogP) is 2.44. The Morgan fingerprint density at radius 1 is 1.41 bits per heavy atom. The minimum absolute atomic E-state index is 0.0392. The molecule has 1 rings (SSSR count). The summed E-state index contributed by atoms with van der Waals surface area (Å²) in [6.45, 7) is 7.80. The first kappa shape index (κ1) is 14.6. The van der Waals surface area contributed by atoms with Crippen LogP contribution in [0.25, 0.3) is 0 Å². The minimum atomic E-state index is -0.0392. The monoisotopic (exact) mass is 257 g/mol. The molecule has 0 bridgehead atoms. The molecular weight excluding hydrogens is 234 g/mol. The van der Waals surface area contributed by atoms with Crippen molar-refractivity contribution in [2.75, 3.05) is 19.8 Å². The molecular formula is C13H23NO2S. The van der Waals surface area contributed by atoms with Crippen LogP contribution in [0.1, 0.15) is 43.1 Å². The molecule has 17 heavy (non-hydrogen) atoms. The SMILES string of the molecule is CC(C)(C)c1ccc(C(CN)OCCCO)s1. The predicted molar refractivity (Wildman–Crippen MR) is 72.5 cm³/mol. The molecule has 4 heteroatoms. The largest absolute Gasteiger partial charge is 0.396 e. The number of aliphatic hydroxyl groups is 1. The van der Waals surface area contributed by atoms with Crippen LogP contribution in [0.2, 0.25) is 0 Å². The van der Waals surface area contributed by atoms with Crippen molar-refractivity contribution < 1.29 is 9.84 Å². The standard InChI is InChI=1S/C13H23NO2S/c1-13(2,3)12-6-5-11(17-12)10(9-14)16-8-4-7-15/h5-6,10,15H,4,7-9,14H2,1-3H3. The molecule has 0 saturated heterocycles. The minimum Gasteiger partial charge on any atom is -0.396 e. The van der Waals surface area contributed by atoms with Gasteiger partial charge in [-0.05, 0) is 24.0 Å². The molecule has 0 saturated carbocycles. The number of nitrogens with two attached hydrogens (primary N) is 1. The van der Waals surface area contributed by atoms with Crippen molar-refractivity contribution in [3.63, 3.8) is 0 Å². The van der Waals surface area contributed by atoms with Crippen LogP contribution in [0.4, 0.5) is 0 Å². The van der Waals surface area contributed by atoms with Crippen molar-refractivity contribution in [2.24, 2.45) is 5.73 Å². The first-order chi connectivity index (χ1) is 7.99. The van der Waals surface area contributed by atoms with E-state index in [4.69, 9.17) is 15.6 Å². The molecule has 3 N–H and O–H groups in total. The molecule has 0 aromatic carbocycles. The molecule has 98 valence electrons. The molecule has 0 spiro atoms. The second kappa shape index (κ2) is 6.50. The van der Waals surface area contributed by atoms with E-state index in [0.29, 0.717) is 19.6 Å². The van der Waals surface area contributed by atoms with E-state index in [0.717, 1.165) is 0 Å². The van der Waals surface area contributed by atoms with Gasteiger partial charge in [-0.25, -0.2) is 0 Å². The zero-order valence-corrected chi connectivity index (χ0v) is 11.7. The van der Waals surface area contributed by atoms with Gasteiger partial charge < -0.3 is 15.6 Å². The van der Waals surface area contributed by atoms with Crippen LogP contribution in [0.3, 0.4) is 0 Å². The normalized spacial score (nSPS) is 13.9. The third-order valence-corrected chi connectivity index (χ3v) is 4.12. The molecule has 0 radical (unpaired) electrons. The lowest BCUT2D eigenvalue weighted by Gasteiger charge is -2.17. The fourth-order valence-corrected chi connectivity index (χ4v) is 2.61. The van der Waals surface area contributed by atoms with Gasteiger partial charge in [-0.2, -0.15) is 0 Å². The Morgan fingerprint density at radius 3 is 2.59 bits per heavy atom. The van der Waals surface area contributed by atoms with E-state index in [-0.39, 0.29) is 18.1 Å². The summed E-state index contributed by atoms with van der Waals surface area (Å²) in [6.07, 6.45) is 0.622. The van der Waals surface area contributed by atoms with E-state index < -0.39 is 0 Å². The quantitative estimate of drug-likeness (QED) is 0.770. The van der Waals surface area contributed by atoms with E-state index in [1.807, 2.05) is 0 Å². The van der Waals surface area contributed by atoms with Gasteiger partial charge in [0.15, 0.2) is 0 Å². The Balaban J connectivity index is 2.66. The third-order valence-electron chi connectivity index (χ3n) is 2.52. The van der Waals surface area contributed by atoms with E-state index in [1.54, 1.807) is 11.3 Å². The van der Waals surface area contributed by atoms with Crippen molar-refractivity contribution in [1.29, 1.82) is 0 Å². The van der Waals surface area contributed by atoms with Crippen LogP contribution < -0.4 is 5.73 Å². The number of ether oxygens (including phenoxy) is 1. The van der Waals surface area contributed by atoms with E-state index in [1.165, 1.54) is 9.75 Å².